The maximum Gasteiger partial charge on any atom is 0.330 e. The van der Waals surface area contributed by atoms with Crippen LogP contribution in [0.15, 0.2) is 65.4 Å². The van der Waals surface area contributed by atoms with Gasteiger partial charge in [-0.3, -0.25) is 4.98 Å². The van der Waals surface area contributed by atoms with E-state index >= 15 is 0 Å². The number of nitrogens with one attached hydrogen (secondary N) is 1. The van der Waals surface area contributed by atoms with Gasteiger partial charge in [0.25, 0.3) is 0 Å². The molecule has 3 aromatic rings. The number of fused-ring (bicyclic) bond motifs is 1. The van der Waals surface area contributed by atoms with Crippen molar-refractivity contribution in [3.8, 4) is 0 Å². The van der Waals surface area contributed by atoms with Crippen LogP contribution in [0.25, 0.3) is 16.8 Å². The summed E-state index contributed by atoms with van der Waals surface area (Å²) in [5, 5.41) is 5.67. The lowest BCUT2D eigenvalue weighted by Crippen LogP contribution is -1.99. The van der Waals surface area contributed by atoms with E-state index in [0.717, 1.165) is 32.2 Å². The predicted molar refractivity (Wildman–Crippen MR) is 105 cm³/mol. The number of nitrogens with zero attached hydrogens (tertiary/aromatic N) is 1. The molecule has 3 rings (SSSR count). The molecular weight excluding hydrogens is 380 g/mol. The number of benzene rings is 2. The molecule has 0 bridgehead atoms. The van der Waals surface area contributed by atoms with Crippen LogP contribution >= 0.6 is 15.9 Å². The van der Waals surface area contributed by atoms with Crippen molar-refractivity contribution in [2.45, 2.75) is 6.92 Å². The highest BCUT2D eigenvalue weighted by Crippen LogP contribution is 2.31. The topological polar surface area (TPSA) is 51.2 Å². The van der Waals surface area contributed by atoms with Gasteiger partial charge in [0, 0.05) is 45.3 Å². The van der Waals surface area contributed by atoms with Crippen molar-refractivity contribution in [1.82, 2.24) is 4.98 Å². The molecule has 0 amide bonds. The van der Waals surface area contributed by atoms with Crippen molar-refractivity contribution in [2.24, 2.45) is 0 Å². The van der Waals surface area contributed by atoms with Crippen molar-refractivity contribution in [1.29, 1.82) is 0 Å². The van der Waals surface area contributed by atoms with Gasteiger partial charge in [-0.2, -0.15) is 0 Å². The normalized spacial score (nSPS) is 11.0. The first-order chi connectivity index (χ1) is 12.2. The van der Waals surface area contributed by atoms with Gasteiger partial charge in [0.1, 0.15) is 0 Å². The Bertz CT molecular complexity index is 938. The number of pyridine rings is 1. The van der Waals surface area contributed by atoms with Gasteiger partial charge in [0.2, 0.25) is 0 Å². The number of halogens is 1. The third kappa shape index (κ3) is 4.06. The van der Waals surface area contributed by atoms with Crippen LogP contribution in [0.1, 0.15) is 12.5 Å². The molecule has 0 aliphatic carbocycles. The van der Waals surface area contributed by atoms with Gasteiger partial charge in [0.15, 0.2) is 0 Å². The number of hydrogen-bond acceptors (Lipinski definition) is 4. The second-order valence-corrected chi connectivity index (χ2v) is 6.17. The second kappa shape index (κ2) is 7.94. The third-order valence-corrected chi connectivity index (χ3v) is 4.37. The second-order valence-electron chi connectivity index (χ2n) is 5.31. The maximum absolute atomic E-state index is 11.5. The molecule has 1 heterocycles. The molecule has 0 aliphatic rings. The van der Waals surface area contributed by atoms with E-state index in [4.69, 9.17) is 4.74 Å². The fourth-order valence-electron chi connectivity index (χ4n) is 2.53. The Kier molecular flexibility index (Phi) is 5.46. The Morgan fingerprint density at radius 1 is 1.16 bits per heavy atom. The van der Waals surface area contributed by atoms with E-state index < -0.39 is 0 Å². The quantitative estimate of drug-likeness (QED) is 0.468. The Morgan fingerprint density at radius 3 is 2.80 bits per heavy atom. The number of esters is 1. The Balaban J connectivity index is 1.94. The third-order valence-electron chi connectivity index (χ3n) is 3.68. The standard InChI is InChI=1S/C20H17BrN2O2/c1-2-25-20(24)10-9-14-13-22-12-11-18(14)23-19-8-4-5-15-16(19)6-3-7-17(15)21/h3-13H,2H2,1H3,(H,22,23)/b10-9+. The molecule has 0 spiro atoms. The summed E-state index contributed by atoms with van der Waals surface area (Å²) in [5.74, 6) is -0.369. The number of carbonyl (C=O) groups excluding carboxylic acids is 1. The number of aromatic nitrogens is 1. The summed E-state index contributed by atoms with van der Waals surface area (Å²) in [6.07, 6.45) is 6.53. The van der Waals surface area contributed by atoms with Crippen molar-refractivity contribution in [3.63, 3.8) is 0 Å². The number of ether oxygens (including phenoxy) is 1. The first kappa shape index (κ1) is 17.2. The molecule has 126 valence electrons. The summed E-state index contributed by atoms with van der Waals surface area (Å²) >= 11 is 3.59. The van der Waals surface area contributed by atoms with E-state index in [1.165, 1.54) is 6.08 Å². The zero-order chi connectivity index (χ0) is 17.6. The molecule has 0 saturated carbocycles. The van der Waals surface area contributed by atoms with Gasteiger partial charge < -0.3 is 10.1 Å². The summed E-state index contributed by atoms with van der Waals surface area (Å²) in [7, 11) is 0. The molecule has 4 nitrogen and oxygen atoms in total. The van der Waals surface area contributed by atoms with E-state index in [9.17, 15) is 4.79 Å². The first-order valence-corrected chi connectivity index (χ1v) is 8.71. The number of carbonyl (C=O) groups is 1. The lowest BCUT2D eigenvalue weighted by atomic mass is 10.1. The Labute approximate surface area is 154 Å². The van der Waals surface area contributed by atoms with Gasteiger partial charge >= 0.3 is 5.97 Å². The average molecular weight is 397 g/mol. The minimum absolute atomic E-state index is 0.353. The smallest absolute Gasteiger partial charge is 0.330 e. The molecule has 0 fully saturated rings. The van der Waals surface area contributed by atoms with Gasteiger partial charge in [-0.15, -0.1) is 0 Å². The van der Waals surface area contributed by atoms with Crippen LogP contribution in [0.2, 0.25) is 0 Å². The van der Waals surface area contributed by atoms with E-state index in [2.05, 4.69) is 38.4 Å². The summed E-state index contributed by atoms with van der Waals surface area (Å²) in [6, 6.07) is 14.1. The fraction of sp³-hybridized carbons (Fsp3) is 0.100. The molecule has 2 aromatic carbocycles. The Hall–Kier alpha value is -2.66. The van der Waals surface area contributed by atoms with E-state index in [1.807, 2.05) is 30.3 Å². The van der Waals surface area contributed by atoms with Crippen molar-refractivity contribution in [3.05, 3.63) is 71.0 Å². The maximum atomic E-state index is 11.5. The Morgan fingerprint density at radius 2 is 1.96 bits per heavy atom. The lowest BCUT2D eigenvalue weighted by molar-refractivity contribution is -0.137. The van der Waals surface area contributed by atoms with E-state index in [-0.39, 0.29) is 5.97 Å². The molecule has 0 saturated heterocycles. The lowest BCUT2D eigenvalue weighted by Gasteiger charge is -2.12. The van der Waals surface area contributed by atoms with Crippen molar-refractivity contribution >= 4 is 50.1 Å². The van der Waals surface area contributed by atoms with E-state index in [0.29, 0.717) is 6.61 Å². The molecule has 0 atom stereocenters. The van der Waals surface area contributed by atoms with Crippen LogP contribution in [0.5, 0.6) is 0 Å². The molecule has 1 aromatic heterocycles. The summed E-state index contributed by atoms with van der Waals surface area (Å²) in [6.45, 7) is 2.13. The number of hydrogen-bond donors (Lipinski definition) is 1. The summed E-state index contributed by atoms with van der Waals surface area (Å²) in [4.78, 5) is 15.7. The average Bonchev–Trinajstić information content (AvgIpc) is 2.62. The van der Waals surface area contributed by atoms with Crippen molar-refractivity contribution in [2.75, 3.05) is 11.9 Å². The summed E-state index contributed by atoms with van der Waals surface area (Å²) in [5.41, 5.74) is 2.65. The highest BCUT2D eigenvalue weighted by molar-refractivity contribution is 9.10. The molecule has 1 N–H and O–H groups in total. The van der Waals surface area contributed by atoms with Gasteiger partial charge in [0.05, 0.1) is 6.61 Å². The van der Waals surface area contributed by atoms with Crippen LogP contribution in [0.4, 0.5) is 11.4 Å². The minimum Gasteiger partial charge on any atom is -0.463 e. The monoisotopic (exact) mass is 396 g/mol. The molecule has 0 unspecified atom stereocenters. The van der Waals surface area contributed by atoms with E-state index in [1.54, 1.807) is 25.4 Å². The summed E-state index contributed by atoms with van der Waals surface area (Å²) < 4.78 is 5.97. The van der Waals surface area contributed by atoms with Gasteiger partial charge in [-0.05, 0) is 36.6 Å². The van der Waals surface area contributed by atoms with Crippen molar-refractivity contribution < 1.29 is 9.53 Å². The van der Waals surface area contributed by atoms with Gasteiger partial charge in [-0.1, -0.05) is 40.2 Å². The molecule has 5 heteroatoms. The number of rotatable bonds is 5. The highest BCUT2D eigenvalue weighted by Gasteiger charge is 2.06. The zero-order valence-corrected chi connectivity index (χ0v) is 15.3. The van der Waals surface area contributed by atoms with Crippen LogP contribution < -0.4 is 5.32 Å². The number of anilines is 2. The largest absolute Gasteiger partial charge is 0.463 e. The fourth-order valence-corrected chi connectivity index (χ4v) is 3.03. The van der Waals surface area contributed by atoms with Crippen LogP contribution in [0.3, 0.4) is 0 Å². The minimum atomic E-state index is -0.369. The van der Waals surface area contributed by atoms with Gasteiger partial charge in [-0.25, -0.2) is 4.79 Å². The zero-order valence-electron chi connectivity index (χ0n) is 13.7. The molecule has 25 heavy (non-hydrogen) atoms. The SMILES string of the molecule is CCOC(=O)/C=C/c1cnccc1Nc1cccc2c(Br)cccc12. The predicted octanol–water partition coefficient (Wildman–Crippen LogP) is 5.32. The van der Waals surface area contributed by atoms with Crippen LogP contribution in [-0.2, 0) is 9.53 Å². The molecule has 0 aliphatic heterocycles. The molecule has 0 radical (unpaired) electrons. The highest BCUT2D eigenvalue weighted by atomic mass is 79.9. The molecular formula is C20H17BrN2O2. The van der Waals surface area contributed by atoms with Crippen LogP contribution in [0, 0.1) is 0 Å². The first-order valence-electron chi connectivity index (χ1n) is 7.92. The van der Waals surface area contributed by atoms with Crippen LogP contribution in [-0.4, -0.2) is 17.6 Å².